The summed E-state index contributed by atoms with van der Waals surface area (Å²) in [5.41, 5.74) is 1.13. The maximum absolute atomic E-state index is 4.58. The quantitative estimate of drug-likeness (QED) is 0.825. The Kier molecular flexibility index (Phi) is 2.41. The van der Waals surface area contributed by atoms with E-state index in [1.54, 1.807) is 0 Å². The Morgan fingerprint density at radius 1 is 1.44 bits per heavy atom. The maximum Gasteiger partial charge on any atom is 0.203 e. The van der Waals surface area contributed by atoms with E-state index in [0.717, 1.165) is 30.0 Å². The highest BCUT2D eigenvalue weighted by molar-refractivity contribution is 5.32. The number of aryl methyl sites for hydroxylation is 1. The van der Waals surface area contributed by atoms with Crippen molar-refractivity contribution in [2.24, 2.45) is 11.8 Å². The van der Waals surface area contributed by atoms with Gasteiger partial charge in [0.2, 0.25) is 5.95 Å². The molecule has 1 heterocycles. The Bertz CT molecular complexity index is 375. The molecule has 3 heteroatoms. The monoisotopic (exact) mass is 219 g/mol. The minimum Gasteiger partial charge on any atom is -0.353 e. The van der Waals surface area contributed by atoms with Crippen LogP contribution in [0.4, 0.5) is 5.95 Å². The molecule has 0 saturated heterocycles. The predicted octanol–water partition coefficient (Wildman–Crippen LogP) is 2.81. The van der Waals surface area contributed by atoms with Crippen LogP contribution >= 0.6 is 0 Å². The van der Waals surface area contributed by atoms with Crippen molar-refractivity contribution < 1.29 is 0 Å². The van der Waals surface area contributed by atoms with E-state index in [9.17, 15) is 0 Å². The fraction of sp³-hybridized carbons (Fsp3) is 0.769. The maximum atomic E-state index is 4.58. The summed E-state index contributed by atoms with van der Waals surface area (Å²) in [7, 11) is 0. The van der Waals surface area contributed by atoms with Gasteiger partial charge in [-0.3, -0.25) is 0 Å². The van der Waals surface area contributed by atoms with Gasteiger partial charge in [-0.05, 0) is 44.4 Å². The average molecular weight is 219 g/mol. The van der Waals surface area contributed by atoms with Crippen LogP contribution in [0.3, 0.4) is 0 Å². The zero-order valence-corrected chi connectivity index (χ0v) is 10.2. The van der Waals surface area contributed by atoms with Gasteiger partial charge < -0.3 is 9.88 Å². The molecule has 0 spiro atoms. The summed E-state index contributed by atoms with van der Waals surface area (Å²) in [6.07, 6.45) is 7.66. The van der Waals surface area contributed by atoms with Crippen LogP contribution in [0.2, 0.25) is 0 Å². The number of nitrogens with zero attached hydrogens (tertiary/aromatic N) is 2. The third-order valence-electron chi connectivity index (χ3n) is 3.72. The molecule has 1 atom stereocenters. The Hall–Kier alpha value is -0.990. The Morgan fingerprint density at radius 2 is 2.19 bits per heavy atom. The first-order chi connectivity index (χ1) is 7.72. The van der Waals surface area contributed by atoms with Crippen LogP contribution in [0.25, 0.3) is 0 Å². The molecular weight excluding hydrogens is 198 g/mol. The van der Waals surface area contributed by atoms with Gasteiger partial charge in [0.25, 0.3) is 0 Å². The molecule has 2 aliphatic rings. The standard InChI is InChI=1S/C13H21N3/c1-9(11-3-4-11)7-16-8-10(2)14-13(16)15-12-5-6-12/h8-9,11-12H,3-7H2,1-2H3,(H,14,15). The SMILES string of the molecule is Cc1cn(CC(C)C2CC2)c(NC2CC2)n1. The first-order valence-corrected chi connectivity index (χ1v) is 6.52. The lowest BCUT2D eigenvalue weighted by Gasteiger charge is -2.14. The van der Waals surface area contributed by atoms with Gasteiger partial charge in [-0.2, -0.15) is 0 Å². The summed E-state index contributed by atoms with van der Waals surface area (Å²) in [6, 6.07) is 0.691. The van der Waals surface area contributed by atoms with E-state index in [0.29, 0.717) is 6.04 Å². The van der Waals surface area contributed by atoms with Gasteiger partial charge >= 0.3 is 0 Å². The van der Waals surface area contributed by atoms with E-state index in [2.05, 4.69) is 34.9 Å². The van der Waals surface area contributed by atoms with E-state index in [1.807, 2.05) is 0 Å². The number of imidazole rings is 1. The Labute approximate surface area is 97.3 Å². The highest BCUT2D eigenvalue weighted by atomic mass is 15.2. The minimum atomic E-state index is 0.691. The van der Waals surface area contributed by atoms with Crippen molar-refractivity contribution in [1.29, 1.82) is 0 Å². The van der Waals surface area contributed by atoms with Crippen molar-refractivity contribution in [3.05, 3.63) is 11.9 Å². The van der Waals surface area contributed by atoms with Crippen molar-refractivity contribution in [2.75, 3.05) is 5.32 Å². The zero-order chi connectivity index (χ0) is 11.1. The molecule has 2 fully saturated rings. The number of hydrogen-bond acceptors (Lipinski definition) is 2. The summed E-state index contributed by atoms with van der Waals surface area (Å²) < 4.78 is 2.32. The molecule has 0 aliphatic heterocycles. The summed E-state index contributed by atoms with van der Waals surface area (Å²) >= 11 is 0. The van der Waals surface area contributed by atoms with Crippen LogP contribution in [-0.4, -0.2) is 15.6 Å². The van der Waals surface area contributed by atoms with Crippen molar-refractivity contribution in [3.8, 4) is 0 Å². The molecule has 3 nitrogen and oxygen atoms in total. The molecule has 1 aromatic heterocycles. The second-order valence-corrected chi connectivity index (χ2v) is 5.59. The van der Waals surface area contributed by atoms with Crippen LogP contribution in [-0.2, 0) is 6.54 Å². The normalized spacial score (nSPS) is 22.1. The first kappa shape index (κ1) is 10.2. The zero-order valence-electron chi connectivity index (χ0n) is 10.2. The molecule has 16 heavy (non-hydrogen) atoms. The van der Waals surface area contributed by atoms with E-state index in [4.69, 9.17) is 0 Å². The summed E-state index contributed by atoms with van der Waals surface area (Å²) in [4.78, 5) is 4.58. The van der Waals surface area contributed by atoms with Gasteiger partial charge in [0.1, 0.15) is 0 Å². The Morgan fingerprint density at radius 3 is 2.81 bits per heavy atom. The van der Waals surface area contributed by atoms with E-state index >= 15 is 0 Å². The second kappa shape index (κ2) is 3.79. The summed E-state index contributed by atoms with van der Waals surface area (Å²) in [6.45, 7) is 5.57. The van der Waals surface area contributed by atoms with Crippen LogP contribution < -0.4 is 5.32 Å². The van der Waals surface area contributed by atoms with Crippen LogP contribution in [0.15, 0.2) is 6.20 Å². The summed E-state index contributed by atoms with van der Waals surface area (Å²) in [5.74, 6) is 2.86. The molecule has 88 valence electrons. The number of anilines is 1. The molecule has 0 amide bonds. The van der Waals surface area contributed by atoms with Crippen molar-refractivity contribution in [2.45, 2.75) is 52.1 Å². The van der Waals surface area contributed by atoms with Gasteiger partial charge in [-0.1, -0.05) is 6.92 Å². The largest absolute Gasteiger partial charge is 0.353 e. The third kappa shape index (κ3) is 2.23. The van der Waals surface area contributed by atoms with Crippen LogP contribution in [0.5, 0.6) is 0 Å². The topological polar surface area (TPSA) is 29.9 Å². The van der Waals surface area contributed by atoms with Gasteiger partial charge in [0.05, 0.1) is 5.69 Å². The number of nitrogens with one attached hydrogen (secondary N) is 1. The highest BCUT2D eigenvalue weighted by Crippen LogP contribution is 2.37. The molecule has 1 N–H and O–H groups in total. The van der Waals surface area contributed by atoms with Gasteiger partial charge in [0.15, 0.2) is 0 Å². The smallest absolute Gasteiger partial charge is 0.203 e. The van der Waals surface area contributed by atoms with Crippen molar-refractivity contribution in [3.63, 3.8) is 0 Å². The molecule has 2 saturated carbocycles. The average Bonchev–Trinajstić information content (AvgIpc) is 3.10. The second-order valence-electron chi connectivity index (χ2n) is 5.59. The molecule has 2 aliphatic carbocycles. The van der Waals surface area contributed by atoms with E-state index in [-0.39, 0.29) is 0 Å². The van der Waals surface area contributed by atoms with E-state index in [1.165, 1.54) is 25.7 Å². The van der Waals surface area contributed by atoms with Crippen molar-refractivity contribution in [1.82, 2.24) is 9.55 Å². The molecule has 0 radical (unpaired) electrons. The number of aromatic nitrogens is 2. The predicted molar refractivity (Wildman–Crippen MR) is 65.5 cm³/mol. The van der Waals surface area contributed by atoms with Crippen LogP contribution in [0, 0.1) is 18.8 Å². The highest BCUT2D eigenvalue weighted by Gasteiger charge is 2.29. The molecule has 1 aromatic rings. The lowest BCUT2D eigenvalue weighted by Crippen LogP contribution is -2.13. The van der Waals surface area contributed by atoms with Crippen molar-refractivity contribution >= 4 is 5.95 Å². The minimum absolute atomic E-state index is 0.691. The lowest BCUT2D eigenvalue weighted by atomic mass is 10.1. The van der Waals surface area contributed by atoms with Crippen LogP contribution in [0.1, 0.15) is 38.3 Å². The first-order valence-electron chi connectivity index (χ1n) is 6.52. The summed E-state index contributed by atoms with van der Waals surface area (Å²) in [5, 5.41) is 3.52. The molecule has 1 unspecified atom stereocenters. The molecule has 0 aromatic carbocycles. The fourth-order valence-electron chi connectivity index (χ4n) is 2.34. The molecular formula is C13H21N3. The lowest BCUT2D eigenvalue weighted by molar-refractivity contribution is 0.432. The fourth-order valence-corrected chi connectivity index (χ4v) is 2.34. The number of hydrogen-bond donors (Lipinski definition) is 1. The number of rotatable bonds is 5. The Balaban J connectivity index is 1.70. The van der Waals surface area contributed by atoms with Gasteiger partial charge in [-0.25, -0.2) is 4.98 Å². The third-order valence-corrected chi connectivity index (χ3v) is 3.72. The van der Waals surface area contributed by atoms with Gasteiger partial charge in [-0.15, -0.1) is 0 Å². The molecule has 0 bridgehead atoms. The molecule has 3 rings (SSSR count). The van der Waals surface area contributed by atoms with E-state index < -0.39 is 0 Å². The van der Waals surface area contributed by atoms with Gasteiger partial charge in [0, 0.05) is 18.8 Å².